The third-order valence-electron chi connectivity index (χ3n) is 4.98. The van der Waals surface area contributed by atoms with Crippen LogP contribution in [0.4, 0.5) is 0 Å². The lowest BCUT2D eigenvalue weighted by Gasteiger charge is -2.45. The molecule has 0 saturated heterocycles. The van der Waals surface area contributed by atoms with Gasteiger partial charge < -0.3 is 14.9 Å². The first-order valence-corrected chi connectivity index (χ1v) is 7.27. The topological polar surface area (TPSA) is 66.8 Å². The van der Waals surface area contributed by atoms with Crippen LogP contribution < -0.4 is 0 Å². The van der Waals surface area contributed by atoms with E-state index in [9.17, 15) is 15.0 Å². The van der Waals surface area contributed by atoms with Gasteiger partial charge in [0.1, 0.15) is 0 Å². The van der Waals surface area contributed by atoms with Crippen LogP contribution in [-0.4, -0.2) is 29.4 Å². The molecule has 4 nitrogen and oxygen atoms in total. The van der Waals surface area contributed by atoms with Crippen molar-refractivity contribution >= 4 is 12.0 Å². The van der Waals surface area contributed by atoms with Gasteiger partial charge in [-0.05, 0) is 29.5 Å². The Kier molecular flexibility index (Phi) is 3.59. The van der Waals surface area contributed by atoms with E-state index in [1.807, 2.05) is 18.2 Å². The Morgan fingerprint density at radius 2 is 2.10 bits per heavy atom. The first-order valence-electron chi connectivity index (χ1n) is 7.27. The van der Waals surface area contributed by atoms with Crippen molar-refractivity contribution in [2.24, 2.45) is 11.8 Å². The van der Waals surface area contributed by atoms with Crippen molar-refractivity contribution in [3.8, 4) is 0 Å². The fourth-order valence-electron chi connectivity index (χ4n) is 3.86. The summed E-state index contributed by atoms with van der Waals surface area (Å²) in [6.45, 7) is 3.76. The number of rotatable bonds is 2. The van der Waals surface area contributed by atoms with E-state index in [4.69, 9.17) is 4.74 Å². The molecule has 2 bridgehead atoms. The number of aliphatic hydroxyl groups is 2. The van der Waals surface area contributed by atoms with Gasteiger partial charge in [0.25, 0.3) is 0 Å². The summed E-state index contributed by atoms with van der Waals surface area (Å²) in [4.78, 5) is 11.9. The van der Waals surface area contributed by atoms with E-state index in [0.29, 0.717) is 12.8 Å². The predicted octanol–water partition coefficient (Wildman–Crippen LogP) is 2.02. The van der Waals surface area contributed by atoms with Crippen LogP contribution in [0.15, 0.2) is 24.8 Å². The summed E-state index contributed by atoms with van der Waals surface area (Å²) in [5.41, 5.74) is 2.77. The molecule has 4 heteroatoms. The fourth-order valence-corrected chi connectivity index (χ4v) is 3.86. The van der Waals surface area contributed by atoms with E-state index in [-0.39, 0.29) is 17.8 Å². The van der Waals surface area contributed by atoms with Gasteiger partial charge in [0.2, 0.25) is 0 Å². The minimum Gasteiger partial charge on any atom is -0.469 e. The number of fused-ring (bicyclic) bond motifs is 4. The number of esters is 1. The fraction of sp³-hybridized carbons (Fsp3) is 0.471. The monoisotopic (exact) mass is 288 g/mol. The molecule has 2 N–H and O–H groups in total. The maximum Gasteiger partial charge on any atom is 0.309 e. The Labute approximate surface area is 124 Å². The molecule has 1 aromatic rings. The molecule has 0 aliphatic heterocycles. The van der Waals surface area contributed by atoms with Gasteiger partial charge in [-0.2, -0.15) is 0 Å². The molecule has 3 rings (SSSR count). The highest BCUT2D eigenvalue weighted by molar-refractivity contribution is 5.73. The number of benzene rings is 1. The van der Waals surface area contributed by atoms with Gasteiger partial charge in [-0.15, -0.1) is 0 Å². The molecule has 1 fully saturated rings. The van der Waals surface area contributed by atoms with Crippen LogP contribution in [0.3, 0.4) is 0 Å². The number of carbonyl (C=O) groups is 1. The number of aliphatic hydroxyl groups excluding tert-OH is 2. The second-order valence-corrected chi connectivity index (χ2v) is 5.98. The molecular formula is C17H20O4. The van der Waals surface area contributed by atoms with Crippen LogP contribution in [0.5, 0.6) is 0 Å². The molecule has 0 unspecified atom stereocenters. The van der Waals surface area contributed by atoms with Crippen molar-refractivity contribution < 1.29 is 19.7 Å². The molecule has 1 aromatic carbocycles. The van der Waals surface area contributed by atoms with Gasteiger partial charge in [0.15, 0.2) is 0 Å². The van der Waals surface area contributed by atoms with Crippen LogP contribution >= 0.6 is 0 Å². The molecule has 0 spiro atoms. The number of hydrogen-bond donors (Lipinski definition) is 2. The number of hydrogen-bond acceptors (Lipinski definition) is 4. The van der Waals surface area contributed by atoms with Gasteiger partial charge in [0, 0.05) is 11.8 Å². The van der Waals surface area contributed by atoms with Gasteiger partial charge >= 0.3 is 5.97 Å². The summed E-state index contributed by atoms with van der Waals surface area (Å²) < 4.78 is 4.83. The van der Waals surface area contributed by atoms with E-state index in [1.54, 1.807) is 6.08 Å². The molecule has 0 aromatic heterocycles. The Hall–Kier alpha value is -1.65. The lowest BCUT2D eigenvalue weighted by molar-refractivity contribution is -0.155. The molecule has 2 aliphatic rings. The Bertz CT molecular complexity index is 580. The van der Waals surface area contributed by atoms with Crippen LogP contribution in [0.1, 0.15) is 41.6 Å². The van der Waals surface area contributed by atoms with Crippen LogP contribution in [0.25, 0.3) is 6.08 Å². The van der Waals surface area contributed by atoms with Crippen LogP contribution in [-0.2, 0) is 9.53 Å². The Balaban J connectivity index is 2.04. The minimum absolute atomic E-state index is 0.0331. The zero-order valence-corrected chi connectivity index (χ0v) is 12.0. The van der Waals surface area contributed by atoms with Crippen LogP contribution in [0, 0.1) is 11.8 Å². The normalized spacial score (nSPS) is 34.0. The first kappa shape index (κ1) is 14.3. The van der Waals surface area contributed by atoms with Gasteiger partial charge in [-0.1, -0.05) is 30.9 Å². The van der Waals surface area contributed by atoms with Crippen molar-refractivity contribution in [1.29, 1.82) is 0 Å². The lowest BCUT2D eigenvalue weighted by Crippen LogP contribution is -2.44. The summed E-state index contributed by atoms with van der Waals surface area (Å²) in [5.74, 6) is -1.01. The molecule has 5 atom stereocenters. The summed E-state index contributed by atoms with van der Waals surface area (Å²) in [5, 5.41) is 21.0. The number of methoxy groups -OCH3 is 1. The average Bonchev–Trinajstić information content (AvgIpc) is 2.52. The van der Waals surface area contributed by atoms with Crippen molar-refractivity contribution in [1.82, 2.24) is 0 Å². The van der Waals surface area contributed by atoms with E-state index in [0.717, 1.165) is 16.7 Å². The molecule has 112 valence electrons. The molecule has 0 radical (unpaired) electrons. The summed E-state index contributed by atoms with van der Waals surface area (Å²) in [7, 11) is 1.35. The van der Waals surface area contributed by atoms with Crippen molar-refractivity contribution in [2.75, 3.05) is 7.11 Å². The van der Waals surface area contributed by atoms with E-state index >= 15 is 0 Å². The van der Waals surface area contributed by atoms with Crippen molar-refractivity contribution in [2.45, 2.75) is 31.0 Å². The third kappa shape index (κ3) is 2.19. The van der Waals surface area contributed by atoms with Crippen molar-refractivity contribution in [3.63, 3.8) is 0 Å². The van der Waals surface area contributed by atoms with Crippen molar-refractivity contribution in [3.05, 3.63) is 41.5 Å². The highest BCUT2D eigenvalue weighted by atomic mass is 16.5. The minimum atomic E-state index is -0.688. The highest BCUT2D eigenvalue weighted by Gasteiger charge is 2.48. The standard InChI is InChI=1S/C17H20O4/c1-3-9-4-5-10-11(6-9)12-7-13(16(10)19)14(8-15(12)18)17(20)21-2/h3-6,12-16,18-19H,1,7-8H2,2H3/t12-,13-,14-,15+,16-/m1/s1. The van der Waals surface area contributed by atoms with E-state index in [1.165, 1.54) is 7.11 Å². The zero-order chi connectivity index (χ0) is 15.1. The number of ether oxygens (including phenoxy) is 1. The second-order valence-electron chi connectivity index (χ2n) is 5.98. The lowest BCUT2D eigenvalue weighted by atomic mass is 9.62. The quantitative estimate of drug-likeness (QED) is 0.817. The Morgan fingerprint density at radius 3 is 2.76 bits per heavy atom. The van der Waals surface area contributed by atoms with Crippen LogP contribution in [0.2, 0.25) is 0 Å². The summed E-state index contributed by atoms with van der Waals surface area (Å²) >= 11 is 0. The predicted molar refractivity (Wildman–Crippen MR) is 78.5 cm³/mol. The molecular weight excluding hydrogens is 268 g/mol. The molecule has 2 aliphatic carbocycles. The molecule has 1 saturated carbocycles. The summed E-state index contributed by atoms with van der Waals surface area (Å²) in [6, 6.07) is 5.76. The van der Waals surface area contributed by atoms with Gasteiger partial charge in [-0.25, -0.2) is 0 Å². The largest absolute Gasteiger partial charge is 0.469 e. The highest BCUT2D eigenvalue weighted by Crippen LogP contribution is 2.51. The molecule has 0 heterocycles. The smallest absolute Gasteiger partial charge is 0.309 e. The van der Waals surface area contributed by atoms with Gasteiger partial charge in [0.05, 0.1) is 25.2 Å². The zero-order valence-electron chi connectivity index (χ0n) is 12.0. The average molecular weight is 288 g/mol. The van der Waals surface area contributed by atoms with E-state index in [2.05, 4.69) is 6.58 Å². The first-order chi connectivity index (χ1) is 10.1. The maximum absolute atomic E-state index is 11.9. The molecule has 0 amide bonds. The Morgan fingerprint density at radius 1 is 1.33 bits per heavy atom. The maximum atomic E-state index is 11.9. The van der Waals surface area contributed by atoms with Gasteiger partial charge in [-0.3, -0.25) is 4.79 Å². The third-order valence-corrected chi connectivity index (χ3v) is 4.98. The SMILES string of the molecule is C=Cc1ccc2c(c1)[C@H]1C[C@@H]([C@@H]2O)[C@H](C(=O)OC)C[C@@H]1O. The summed E-state index contributed by atoms with van der Waals surface area (Å²) in [6.07, 6.45) is 1.43. The van der Waals surface area contributed by atoms with E-state index < -0.39 is 18.1 Å². The second kappa shape index (κ2) is 5.28. The molecule has 21 heavy (non-hydrogen) atoms. The number of carbonyl (C=O) groups excluding carboxylic acids is 1.